The van der Waals surface area contributed by atoms with E-state index in [1.165, 1.54) is 24.3 Å². The van der Waals surface area contributed by atoms with Crippen LogP contribution >= 0.6 is 0 Å². The zero-order valence-electron chi connectivity index (χ0n) is 13.1. The summed E-state index contributed by atoms with van der Waals surface area (Å²) in [6, 6.07) is 9.35. The number of ether oxygens (including phenoxy) is 1. The van der Waals surface area contributed by atoms with Crippen LogP contribution in [-0.4, -0.2) is 21.0 Å². The summed E-state index contributed by atoms with van der Waals surface area (Å²) >= 11 is 0. The van der Waals surface area contributed by atoms with Crippen molar-refractivity contribution in [3.05, 3.63) is 47.9 Å². The molecule has 0 bridgehead atoms. The molecule has 0 saturated carbocycles. The third-order valence-corrected chi connectivity index (χ3v) is 3.38. The van der Waals surface area contributed by atoms with Crippen molar-refractivity contribution in [2.75, 3.05) is 0 Å². The van der Waals surface area contributed by atoms with Gasteiger partial charge in [-0.25, -0.2) is 9.50 Å². The molecule has 0 N–H and O–H groups in total. The number of benzene rings is 1. The monoisotopic (exact) mass is 368 g/mol. The van der Waals surface area contributed by atoms with E-state index in [4.69, 9.17) is 5.26 Å². The fraction of sp³-hybridized carbons (Fsp3) is 0.188. The van der Waals surface area contributed by atoms with E-state index in [1.54, 1.807) is 6.07 Å². The van der Waals surface area contributed by atoms with Gasteiger partial charge in [0.1, 0.15) is 17.3 Å². The van der Waals surface area contributed by atoms with E-state index in [1.807, 2.05) is 0 Å². The number of nitrogens with zero attached hydrogens (tertiary/aromatic N) is 4. The van der Waals surface area contributed by atoms with Crippen LogP contribution in [0.5, 0.6) is 5.75 Å². The van der Waals surface area contributed by atoms with Crippen LogP contribution in [0.4, 0.5) is 22.0 Å². The molecule has 0 unspecified atom stereocenters. The quantitative estimate of drug-likeness (QED) is 0.648. The molecule has 2 aromatic heterocycles. The maximum Gasteiger partial charge on any atom is 0.573 e. The first-order valence-electron chi connectivity index (χ1n) is 7.13. The molecule has 26 heavy (non-hydrogen) atoms. The van der Waals surface area contributed by atoms with Crippen LogP contribution in [0.25, 0.3) is 16.8 Å². The third-order valence-electron chi connectivity index (χ3n) is 3.38. The van der Waals surface area contributed by atoms with Gasteiger partial charge in [0, 0.05) is 12.5 Å². The number of alkyl halides is 5. The standard InChI is InChI=1S/C16H9F5N4O/c1-15(17,18)14-23-12(8-22)13-7-6-11(24-25(13)14)9-2-4-10(5-3-9)26-16(19,20)21/h2-7H,1H3. The fourth-order valence-corrected chi connectivity index (χ4v) is 2.32. The number of nitriles is 1. The van der Waals surface area contributed by atoms with Gasteiger partial charge >= 0.3 is 12.3 Å². The Kier molecular flexibility index (Phi) is 4.02. The Labute approximate surface area is 143 Å². The number of hydrogen-bond donors (Lipinski definition) is 0. The summed E-state index contributed by atoms with van der Waals surface area (Å²) in [7, 11) is 0. The van der Waals surface area contributed by atoms with Crippen LogP contribution in [0.3, 0.4) is 0 Å². The summed E-state index contributed by atoms with van der Waals surface area (Å²) in [4.78, 5) is 3.61. The van der Waals surface area contributed by atoms with Gasteiger partial charge in [-0.1, -0.05) is 0 Å². The second-order valence-corrected chi connectivity index (χ2v) is 5.37. The van der Waals surface area contributed by atoms with Gasteiger partial charge in [0.05, 0.1) is 5.69 Å². The fourth-order valence-electron chi connectivity index (χ4n) is 2.32. The van der Waals surface area contributed by atoms with Gasteiger partial charge in [0.15, 0.2) is 5.69 Å². The lowest BCUT2D eigenvalue weighted by Crippen LogP contribution is -2.17. The van der Waals surface area contributed by atoms with Gasteiger partial charge in [-0.3, -0.25) is 0 Å². The zero-order valence-corrected chi connectivity index (χ0v) is 13.1. The first-order valence-corrected chi connectivity index (χ1v) is 7.13. The second kappa shape index (κ2) is 5.94. The van der Waals surface area contributed by atoms with Crippen molar-refractivity contribution < 1.29 is 26.7 Å². The van der Waals surface area contributed by atoms with Crippen LogP contribution in [0.2, 0.25) is 0 Å². The minimum absolute atomic E-state index is 0.102. The maximum absolute atomic E-state index is 13.7. The highest BCUT2D eigenvalue weighted by Gasteiger charge is 2.33. The summed E-state index contributed by atoms with van der Waals surface area (Å²) < 4.78 is 68.6. The van der Waals surface area contributed by atoms with E-state index in [9.17, 15) is 22.0 Å². The lowest BCUT2D eigenvalue weighted by molar-refractivity contribution is -0.274. The van der Waals surface area contributed by atoms with Crippen molar-refractivity contribution in [3.63, 3.8) is 0 Å². The maximum atomic E-state index is 13.7. The van der Waals surface area contributed by atoms with Crippen LogP contribution in [0.15, 0.2) is 36.4 Å². The molecule has 0 amide bonds. The number of halogens is 5. The van der Waals surface area contributed by atoms with Crippen LogP contribution in [0, 0.1) is 11.3 Å². The highest BCUT2D eigenvalue weighted by molar-refractivity contribution is 5.65. The Balaban J connectivity index is 2.05. The molecule has 0 aliphatic carbocycles. The molecule has 0 fully saturated rings. The molecule has 0 aliphatic heterocycles. The molecule has 0 aliphatic rings. The van der Waals surface area contributed by atoms with Crippen molar-refractivity contribution in [1.82, 2.24) is 14.6 Å². The molecule has 3 aromatic rings. The van der Waals surface area contributed by atoms with Crippen LogP contribution in [-0.2, 0) is 5.92 Å². The Morgan fingerprint density at radius 1 is 1.04 bits per heavy atom. The van der Waals surface area contributed by atoms with Gasteiger partial charge in [0.2, 0.25) is 5.82 Å². The lowest BCUT2D eigenvalue weighted by atomic mass is 10.1. The smallest absolute Gasteiger partial charge is 0.406 e. The van der Waals surface area contributed by atoms with Gasteiger partial charge in [-0.15, -0.1) is 13.2 Å². The van der Waals surface area contributed by atoms with E-state index in [-0.39, 0.29) is 16.9 Å². The largest absolute Gasteiger partial charge is 0.573 e. The van der Waals surface area contributed by atoms with Crippen molar-refractivity contribution in [1.29, 1.82) is 5.26 Å². The van der Waals surface area contributed by atoms with E-state index in [0.29, 0.717) is 12.5 Å². The van der Waals surface area contributed by atoms with Gasteiger partial charge in [0.25, 0.3) is 0 Å². The van der Waals surface area contributed by atoms with Gasteiger partial charge in [-0.05, 0) is 36.4 Å². The average Bonchev–Trinajstić information content (AvgIpc) is 2.92. The predicted octanol–water partition coefficient (Wildman–Crippen LogP) is 4.28. The minimum Gasteiger partial charge on any atom is -0.406 e. The van der Waals surface area contributed by atoms with Gasteiger partial charge in [-0.2, -0.15) is 19.1 Å². The summed E-state index contributed by atoms with van der Waals surface area (Å²) in [5.74, 6) is -4.46. The second-order valence-electron chi connectivity index (χ2n) is 5.37. The van der Waals surface area contributed by atoms with E-state index in [0.717, 1.165) is 16.6 Å². The Morgan fingerprint density at radius 3 is 2.23 bits per heavy atom. The predicted molar refractivity (Wildman–Crippen MR) is 79.4 cm³/mol. The number of fused-ring (bicyclic) bond motifs is 1. The molecule has 134 valence electrons. The molecule has 0 atom stereocenters. The van der Waals surface area contributed by atoms with Crippen molar-refractivity contribution in [2.45, 2.75) is 19.2 Å². The molecule has 0 saturated heterocycles. The molecular formula is C16H9F5N4O. The van der Waals surface area contributed by atoms with Crippen molar-refractivity contribution >= 4 is 5.52 Å². The Morgan fingerprint density at radius 2 is 1.69 bits per heavy atom. The topological polar surface area (TPSA) is 63.2 Å². The summed E-state index contributed by atoms with van der Waals surface area (Å²) in [6.07, 6.45) is -4.81. The molecule has 3 rings (SSSR count). The number of aromatic nitrogens is 3. The molecule has 5 nitrogen and oxygen atoms in total. The third kappa shape index (κ3) is 3.42. The highest BCUT2D eigenvalue weighted by Crippen LogP contribution is 2.30. The lowest BCUT2D eigenvalue weighted by Gasteiger charge is -2.10. The first-order chi connectivity index (χ1) is 12.1. The number of rotatable bonds is 3. The molecule has 1 aromatic carbocycles. The van der Waals surface area contributed by atoms with E-state index < -0.39 is 23.9 Å². The van der Waals surface area contributed by atoms with E-state index in [2.05, 4.69) is 14.8 Å². The minimum atomic E-state index is -4.81. The molecule has 0 spiro atoms. The Bertz CT molecular complexity index is 997. The Hall–Kier alpha value is -3.22. The van der Waals surface area contributed by atoms with Gasteiger partial charge < -0.3 is 4.74 Å². The highest BCUT2D eigenvalue weighted by atomic mass is 19.4. The SMILES string of the molecule is CC(F)(F)c1nc(C#N)c2ccc(-c3ccc(OC(F)(F)F)cc3)nn12. The van der Waals surface area contributed by atoms with E-state index >= 15 is 0 Å². The van der Waals surface area contributed by atoms with Crippen LogP contribution in [0.1, 0.15) is 18.4 Å². The van der Waals surface area contributed by atoms with Crippen LogP contribution < -0.4 is 4.74 Å². The summed E-state index contributed by atoms with van der Waals surface area (Å²) in [6.45, 7) is 0.626. The first kappa shape index (κ1) is 17.6. The normalized spacial score (nSPS) is 12.2. The molecule has 2 heterocycles. The average molecular weight is 368 g/mol. The molecular weight excluding hydrogens is 359 g/mol. The molecule has 10 heteroatoms. The van der Waals surface area contributed by atoms with Crippen molar-refractivity contribution in [2.24, 2.45) is 0 Å². The number of hydrogen-bond acceptors (Lipinski definition) is 4. The summed E-state index contributed by atoms with van der Waals surface area (Å²) in [5.41, 5.74) is 0.488. The zero-order chi connectivity index (χ0) is 19.1. The molecule has 0 radical (unpaired) electrons. The number of imidazole rings is 1. The van der Waals surface area contributed by atoms with Crippen molar-refractivity contribution in [3.8, 4) is 23.1 Å². The summed E-state index contributed by atoms with van der Waals surface area (Å²) in [5, 5.41) is 13.1.